The Balaban J connectivity index is 2.00. The number of imide groups is 1. The number of anilines is 1. The van der Waals surface area contributed by atoms with Gasteiger partial charge in [-0.15, -0.1) is 0 Å². The quantitative estimate of drug-likeness (QED) is 0.455. The number of hydrogen-bond donors (Lipinski definition) is 1. The summed E-state index contributed by atoms with van der Waals surface area (Å²) in [5.74, 6) is -3.26. The summed E-state index contributed by atoms with van der Waals surface area (Å²) in [6.07, 6.45) is 0.450. The first-order valence-corrected chi connectivity index (χ1v) is 9.94. The number of benzene rings is 2. The summed E-state index contributed by atoms with van der Waals surface area (Å²) in [4.78, 5) is 27.2. The topological polar surface area (TPSA) is 58.6 Å². The molecule has 0 spiro atoms. The minimum absolute atomic E-state index is 0.0304. The third kappa shape index (κ3) is 4.64. The average molecular weight is 455 g/mol. The predicted octanol–water partition coefficient (Wildman–Crippen LogP) is 4.89. The Labute approximate surface area is 182 Å². The zero-order valence-corrected chi connectivity index (χ0v) is 17.5. The standard InChI is InChI=1S/C21H18Cl2F2N2O3/c1-2-30-9-3-8-27-20(28)18(14-6-4-12(22)10-15(14)23)19(21(27)29)26-13-5-7-16(24)17(25)11-13/h4-7,10-11,26H,2-3,8-9H2,1H3. The molecule has 0 atom stereocenters. The molecule has 9 heteroatoms. The van der Waals surface area contributed by atoms with E-state index in [1.165, 1.54) is 18.2 Å². The number of nitrogens with zero attached hydrogens (tertiary/aromatic N) is 1. The molecule has 1 heterocycles. The van der Waals surface area contributed by atoms with Crippen LogP contribution in [0.2, 0.25) is 10.0 Å². The van der Waals surface area contributed by atoms with E-state index in [1.807, 2.05) is 6.92 Å². The lowest BCUT2D eigenvalue weighted by Crippen LogP contribution is -2.34. The fourth-order valence-electron chi connectivity index (χ4n) is 3.02. The summed E-state index contributed by atoms with van der Waals surface area (Å²) in [5.41, 5.74) is 0.370. The van der Waals surface area contributed by atoms with E-state index >= 15 is 0 Å². The van der Waals surface area contributed by atoms with Gasteiger partial charge in [-0.3, -0.25) is 14.5 Å². The lowest BCUT2D eigenvalue weighted by atomic mass is 10.0. The van der Waals surface area contributed by atoms with Gasteiger partial charge in [0.05, 0.1) is 10.6 Å². The fourth-order valence-corrected chi connectivity index (χ4v) is 3.53. The van der Waals surface area contributed by atoms with Crippen LogP contribution in [0.5, 0.6) is 0 Å². The van der Waals surface area contributed by atoms with Crippen molar-refractivity contribution in [2.75, 3.05) is 25.1 Å². The summed E-state index contributed by atoms with van der Waals surface area (Å²) >= 11 is 12.2. The number of amides is 2. The van der Waals surface area contributed by atoms with Crippen LogP contribution in [-0.4, -0.2) is 36.5 Å². The average Bonchev–Trinajstić information content (AvgIpc) is 2.92. The number of ether oxygens (including phenoxy) is 1. The number of carbonyl (C=O) groups is 2. The molecule has 0 radical (unpaired) electrons. The van der Waals surface area contributed by atoms with E-state index in [9.17, 15) is 18.4 Å². The molecule has 0 bridgehead atoms. The van der Waals surface area contributed by atoms with Crippen molar-refractivity contribution < 1.29 is 23.1 Å². The summed E-state index contributed by atoms with van der Waals surface area (Å²) in [7, 11) is 0. The van der Waals surface area contributed by atoms with E-state index in [1.54, 1.807) is 6.07 Å². The van der Waals surface area contributed by atoms with Crippen molar-refractivity contribution in [2.24, 2.45) is 0 Å². The molecule has 1 aliphatic heterocycles. The molecular formula is C21H18Cl2F2N2O3. The van der Waals surface area contributed by atoms with Crippen LogP contribution in [0.1, 0.15) is 18.9 Å². The van der Waals surface area contributed by atoms with Gasteiger partial charge in [-0.05, 0) is 37.6 Å². The van der Waals surface area contributed by atoms with Gasteiger partial charge >= 0.3 is 0 Å². The normalized spacial score (nSPS) is 14.1. The zero-order valence-electron chi connectivity index (χ0n) is 16.0. The van der Waals surface area contributed by atoms with Crippen molar-refractivity contribution >= 4 is 46.3 Å². The van der Waals surface area contributed by atoms with Crippen LogP contribution in [-0.2, 0) is 14.3 Å². The SMILES string of the molecule is CCOCCCN1C(=O)C(Nc2ccc(F)c(F)c2)=C(c2ccc(Cl)cc2Cl)C1=O. The van der Waals surface area contributed by atoms with E-state index in [4.69, 9.17) is 27.9 Å². The second-order valence-electron chi connectivity index (χ2n) is 6.44. The Morgan fingerprint density at radius 2 is 1.80 bits per heavy atom. The zero-order chi connectivity index (χ0) is 21.8. The van der Waals surface area contributed by atoms with Crippen molar-refractivity contribution in [1.29, 1.82) is 0 Å². The number of carbonyl (C=O) groups excluding carboxylic acids is 2. The van der Waals surface area contributed by atoms with Crippen molar-refractivity contribution in [1.82, 2.24) is 4.90 Å². The van der Waals surface area contributed by atoms with Gasteiger partial charge in [-0.1, -0.05) is 29.3 Å². The highest BCUT2D eigenvalue weighted by Gasteiger charge is 2.39. The molecule has 2 amide bonds. The molecule has 30 heavy (non-hydrogen) atoms. The second kappa shape index (κ2) is 9.55. The molecule has 3 rings (SSSR count). The molecule has 0 unspecified atom stereocenters. The molecule has 0 aliphatic carbocycles. The van der Waals surface area contributed by atoms with E-state index in [0.29, 0.717) is 30.2 Å². The number of nitrogens with one attached hydrogen (secondary N) is 1. The lowest BCUT2D eigenvalue weighted by molar-refractivity contribution is -0.137. The molecule has 158 valence electrons. The molecule has 2 aromatic rings. The maximum atomic E-state index is 13.6. The highest BCUT2D eigenvalue weighted by molar-refractivity contribution is 6.41. The highest BCUT2D eigenvalue weighted by Crippen LogP contribution is 2.35. The Morgan fingerprint density at radius 1 is 1.03 bits per heavy atom. The lowest BCUT2D eigenvalue weighted by Gasteiger charge is -2.15. The first-order valence-electron chi connectivity index (χ1n) is 9.19. The number of rotatable bonds is 8. The molecule has 2 aromatic carbocycles. The van der Waals surface area contributed by atoms with Gasteiger partial charge in [0.15, 0.2) is 11.6 Å². The summed E-state index contributed by atoms with van der Waals surface area (Å²) < 4.78 is 32.2. The predicted molar refractivity (Wildman–Crippen MR) is 111 cm³/mol. The number of hydrogen-bond acceptors (Lipinski definition) is 4. The van der Waals surface area contributed by atoms with Gasteiger partial charge in [-0.25, -0.2) is 8.78 Å². The first-order chi connectivity index (χ1) is 14.3. The molecule has 0 fully saturated rings. The van der Waals surface area contributed by atoms with E-state index in [0.717, 1.165) is 17.0 Å². The summed E-state index contributed by atoms with van der Waals surface area (Å²) in [6, 6.07) is 7.62. The minimum atomic E-state index is -1.09. The largest absolute Gasteiger partial charge is 0.382 e. The van der Waals surface area contributed by atoms with Gasteiger partial charge in [0.25, 0.3) is 11.8 Å². The van der Waals surface area contributed by atoms with Crippen LogP contribution in [0.4, 0.5) is 14.5 Å². The number of halogens is 4. The van der Waals surface area contributed by atoms with Gasteiger partial charge < -0.3 is 10.1 Å². The second-order valence-corrected chi connectivity index (χ2v) is 7.28. The van der Waals surface area contributed by atoms with E-state index in [-0.39, 0.29) is 28.5 Å². The van der Waals surface area contributed by atoms with E-state index in [2.05, 4.69) is 5.32 Å². The monoisotopic (exact) mass is 454 g/mol. The molecule has 5 nitrogen and oxygen atoms in total. The van der Waals surface area contributed by atoms with E-state index < -0.39 is 23.4 Å². The Hall–Kier alpha value is -2.48. The van der Waals surface area contributed by atoms with Crippen LogP contribution >= 0.6 is 23.2 Å². The molecule has 1 aliphatic rings. The third-order valence-electron chi connectivity index (χ3n) is 4.43. The molecule has 0 aromatic heterocycles. The van der Waals surface area contributed by atoms with Crippen LogP contribution in [0.3, 0.4) is 0 Å². The van der Waals surface area contributed by atoms with Crippen molar-refractivity contribution in [3.8, 4) is 0 Å². The Morgan fingerprint density at radius 3 is 2.47 bits per heavy atom. The van der Waals surface area contributed by atoms with Crippen molar-refractivity contribution in [2.45, 2.75) is 13.3 Å². The van der Waals surface area contributed by atoms with Gasteiger partial charge in [0.1, 0.15) is 5.70 Å². The maximum Gasteiger partial charge on any atom is 0.278 e. The molecule has 0 saturated heterocycles. The van der Waals surface area contributed by atoms with Crippen LogP contribution in [0.25, 0.3) is 5.57 Å². The van der Waals surface area contributed by atoms with Crippen molar-refractivity contribution in [3.05, 3.63) is 69.3 Å². The molecule has 1 N–H and O–H groups in total. The fraction of sp³-hybridized carbons (Fsp3) is 0.238. The van der Waals surface area contributed by atoms with Crippen LogP contribution in [0.15, 0.2) is 42.1 Å². The molecular weight excluding hydrogens is 437 g/mol. The maximum absolute atomic E-state index is 13.6. The van der Waals surface area contributed by atoms with Crippen molar-refractivity contribution in [3.63, 3.8) is 0 Å². The van der Waals surface area contributed by atoms with Gasteiger partial charge in [0.2, 0.25) is 0 Å². The van der Waals surface area contributed by atoms with Crippen LogP contribution in [0, 0.1) is 11.6 Å². The first kappa shape index (κ1) is 22.2. The summed E-state index contributed by atoms with van der Waals surface area (Å²) in [5, 5.41) is 3.29. The smallest absolute Gasteiger partial charge is 0.278 e. The highest BCUT2D eigenvalue weighted by atomic mass is 35.5. The minimum Gasteiger partial charge on any atom is -0.382 e. The van der Waals surface area contributed by atoms with Crippen LogP contribution < -0.4 is 5.32 Å². The molecule has 0 saturated carbocycles. The summed E-state index contributed by atoms with van der Waals surface area (Å²) in [6.45, 7) is 2.89. The van der Waals surface area contributed by atoms with Gasteiger partial charge in [-0.2, -0.15) is 0 Å². The Bertz CT molecular complexity index is 1030. The van der Waals surface area contributed by atoms with Gasteiger partial charge in [0, 0.05) is 42.1 Å². The third-order valence-corrected chi connectivity index (χ3v) is 4.98. The Kier molecular flexibility index (Phi) is 7.07.